The number of piperazine rings is 1. The molecule has 0 aliphatic carbocycles. The van der Waals surface area contributed by atoms with E-state index in [1.807, 2.05) is 4.90 Å². The lowest BCUT2D eigenvalue weighted by molar-refractivity contribution is -0.137. The second-order valence-corrected chi connectivity index (χ2v) is 7.84. The normalized spacial score (nSPS) is 21.0. The second-order valence-electron chi connectivity index (χ2n) is 7.84. The SMILES string of the molecule is CC1CCCCN1C(=O)CN1CCN(C(=O)CCc2ccc(F)c(F)c2)CC1. The second kappa shape index (κ2) is 9.45. The number of amides is 2. The zero-order valence-electron chi connectivity index (χ0n) is 16.5. The lowest BCUT2D eigenvalue weighted by atomic mass is 10.0. The van der Waals surface area contributed by atoms with Crippen molar-refractivity contribution in [2.75, 3.05) is 39.3 Å². The van der Waals surface area contributed by atoms with Crippen LogP contribution in [0.2, 0.25) is 0 Å². The molecule has 3 rings (SSSR count). The Morgan fingerprint density at radius 2 is 1.75 bits per heavy atom. The van der Waals surface area contributed by atoms with Crippen LogP contribution < -0.4 is 0 Å². The summed E-state index contributed by atoms with van der Waals surface area (Å²) in [6.45, 7) is 5.94. The van der Waals surface area contributed by atoms with Crippen molar-refractivity contribution in [3.63, 3.8) is 0 Å². The van der Waals surface area contributed by atoms with Crippen LogP contribution in [0.3, 0.4) is 0 Å². The average Bonchev–Trinajstić information content (AvgIpc) is 2.69. The molecule has 0 N–H and O–H groups in total. The van der Waals surface area contributed by atoms with Crippen molar-refractivity contribution >= 4 is 11.8 Å². The maximum atomic E-state index is 13.3. The highest BCUT2D eigenvalue weighted by Crippen LogP contribution is 2.17. The molecule has 2 heterocycles. The van der Waals surface area contributed by atoms with Crippen LogP contribution in [-0.4, -0.2) is 71.8 Å². The van der Waals surface area contributed by atoms with Crippen LogP contribution in [0.5, 0.6) is 0 Å². The summed E-state index contributed by atoms with van der Waals surface area (Å²) in [5, 5.41) is 0. The van der Waals surface area contributed by atoms with E-state index in [4.69, 9.17) is 0 Å². The Morgan fingerprint density at radius 1 is 1.00 bits per heavy atom. The summed E-state index contributed by atoms with van der Waals surface area (Å²) in [6, 6.07) is 4.07. The van der Waals surface area contributed by atoms with E-state index in [0.717, 1.165) is 31.5 Å². The first-order valence-corrected chi connectivity index (χ1v) is 10.2. The molecule has 1 aromatic rings. The Hall–Kier alpha value is -2.02. The number of piperidine rings is 1. The molecule has 5 nitrogen and oxygen atoms in total. The minimum atomic E-state index is -0.883. The van der Waals surface area contributed by atoms with E-state index in [-0.39, 0.29) is 18.2 Å². The van der Waals surface area contributed by atoms with Crippen LogP contribution in [-0.2, 0) is 16.0 Å². The van der Waals surface area contributed by atoms with Crippen LogP contribution in [0, 0.1) is 11.6 Å². The van der Waals surface area contributed by atoms with Gasteiger partial charge in [-0.1, -0.05) is 6.07 Å². The van der Waals surface area contributed by atoms with Crippen LogP contribution >= 0.6 is 0 Å². The van der Waals surface area contributed by atoms with Gasteiger partial charge >= 0.3 is 0 Å². The molecular weight excluding hydrogens is 364 g/mol. The molecule has 2 fully saturated rings. The fourth-order valence-electron chi connectivity index (χ4n) is 4.01. The van der Waals surface area contributed by atoms with Gasteiger partial charge in [-0.3, -0.25) is 14.5 Å². The van der Waals surface area contributed by atoms with E-state index in [1.54, 1.807) is 4.90 Å². The average molecular weight is 393 g/mol. The summed E-state index contributed by atoms with van der Waals surface area (Å²) in [5.41, 5.74) is 0.618. The topological polar surface area (TPSA) is 43.9 Å². The number of carbonyl (C=O) groups is 2. The van der Waals surface area contributed by atoms with E-state index in [0.29, 0.717) is 50.7 Å². The fourth-order valence-corrected chi connectivity index (χ4v) is 4.01. The highest BCUT2D eigenvalue weighted by Gasteiger charge is 2.27. The predicted molar refractivity (Wildman–Crippen MR) is 103 cm³/mol. The summed E-state index contributed by atoms with van der Waals surface area (Å²) in [7, 11) is 0. The predicted octanol–water partition coefficient (Wildman–Crippen LogP) is 2.44. The Bertz CT molecular complexity index is 705. The van der Waals surface area contributed by atoms with Gasteiger partial charge in [0.15, 0.2) is 11.6 Å². The number of nitrogens with zero attached hydrogens (tertiary/aromatic N) is 3. The molecule has 0 radical (unpaired) electrons. The monoisotopic (exact) mass is 393 g/mol. The first kappa shape index (κ1) is 20.7. The van der Waals surface area contributed by atoms with Crippen molar-refractivity contribution < 1.29 is 18.4 Å². The minimum Gasteiger partial charge on any atom is -0.340 e. The van der Waals surface area contributed by atoms with E-state index in [1.165, 1.54) is 12.5 Å². The number of hydrogen-bond donors (Lipinski definition) is 0. The van der Waals surface area contributed by atoms with Gasteiger partial charge in [0.2, 0.25) is 11.8 Å². The summed E-state index contributed by atoms with van der Waals surface area (Å²) >= 11 is 0. The van der Waals surface area contributed by atoms with Gasteiger partial charge in [0, 0.05) is 45.2 Å². The maximum Gasteiger partial charge on any atom is 0.236 e. The summed E-state index contributed by atoms with van der Waals surface area (Å²) < 4.78 is 26.2. The van der Waals surface area contributed by atoms with Gasteiger partial charge in [-0.05, 0) is 50.3 Å². The number of carbonyl (C=O) groups excluding carboxylic acids is 2. The lowest BCUT2D eigenvalue weighted by Gasteiger charge is -2.38. The van der Waals surface area contributed by atoms with Crippen molar-refractivity contribution in [3.8, 4) is 0 Å². The zero-order valence-corrected chi connectivity index (χ0v) is 16.5. The minimum absolute atomic E-state index is 0.0142. The lowest BCUT2D eigenvalue weighted by Crippen LogP contribution is -2.53. The molecule has 28 heavy (non-hydrogen) atoms. The Balaban J connectivity index is 1.41. The molecule has 2 aliphatic rings. The number of halogens is 2. The van der Waals surface area contributed by atoms with E-state index in [9.17, 15) is 18.4 Å². The van der Waals surface area contributed by atoms with Crippen molar-refractivity contribution in [2.24, 2.45) is 0 Å². The first-order chi connectivity index (χ1) is 13.4. The van der Waals surface area contributed by atoms with Crippen molar-refractivity contribution in [1.82, 2.24) is 14.7 Å². The summed E-state index contributed by atoms with van der Waals surface area (Å²) in [6.07, 6.45) is 4.01. The molecule has 0 spiro atoms. The maximum absolute atomic E-state index is 13.3. The molecule has 2 saturated heterocycles. The number of aryl methyl sites for hydroxylation is 1. The molecule has 0 saturated carbocycles. The molecule has 0 bridgehead atoms. The van der Waals surface area contributed by atoms with Crippen molar-refractivity contribution in [3.05, 3.63) is 35.4 Å². The number of likely N-dealkylation sites (tertiary alicyclic amines) is 1. The third kappa shape index (κ3) is 5.28. The van der Waals surface area contributed by atoms with Crippen LogP contribution in [0.15, 0.2) is 18.2 Å². The molecule has 1 atom stereocenters. The molecule has 154 valence electrons. The molecule has 7 heteroatoms. The highest BCUT2D eigenvalue weighted by molar-refractivity contribution is 5.79. The van der Waals surface area contributed by atoms with Gasteiger partial charge in [0.25, 0.3) is 0 Å². The molecular formula is C21H29F2N3O2. The number of benzene rings is 1. The molecule has 2 aliphatic heterocycles. The highest BCUT2D eigenvalue weighted by atomic mass is 19.2. The van der Waals surface area contributed by atoms with E-state index in [2.05, 4.69) is 11.8 Å². The number of hydrogen-bond acceptors (Lipinski definition) is 3. The van der Waals surface area contributed by atoms with E-state index < -0.39 is 11.6 Å². The summed E-state index contributed by atoms with van der Waals surface area (Å²) in [5.74, 6) is -1.56. The van der Waals surface area contributed by atoms with Gasteiger partial charge in [0.1, 0.15) is 0 Å². The fraction of sp³-hybridized carbons (Fsp3) is 0.619. The quantitative estimate of drug-likeness (QED) is 0.772. The summed E-state index contributed by atoms with van der Waals surface area (Å²) in [4.78, 5) is 30.9. The number of rotatable bonds is 5. The molecule has 2 amide bonds. The van der Waals surface area contributed by atoms with Gasteiger partial charge in [-0.15, -0.1) is 0 Å². The standard InChI is InChI=1S/C21H29F2N3O2/c1-16-4-2-3-9-26(16)21(28)15-24-10-12-25(13-11-24)20(27)8-6-17-5-7-18(22)19(23)14-17/h5,7,14,16H,2-4,6,8-13,15H2,1H3. The first-order valence-electron chi connectivity index (χ1n) is 10.2. The van der Waals surface area contributed by atoms with Gasteiger partial charge in [-0.2, -0.15) is 0 Å². The zero-order chi connectivity index (χ0) is 20.1. The largest absolute Gasteiger partial charge is 0.340 e. The Morgan fingerprint density at radius 3 is 2.43 bits per heavy atom. The molecule has 1 aromatic carbocycles. The van der Waals surface area contributed by atoms with Gasteiger partial charge < -0.3 is 9.80 Å². The third-order valence-corrected chi connectivity index (χ3v) is 5.82. The van der Waals surface area contributed by atoms with Gasteiger partial charge in [-0.25, -0.2) is 8.78 Å². The van der Waals surface area contributed by atoms with Crippen LogP contribution in [0.4, 0.5) is 8.78 Å². The van der Waals surface area contributed by atoms with Crippen molar-refractivity contribution in [2.45, 2.75) is 45.1 Å². The Kier molecular flexibility index (Phi) is 6.99. The van der Waals surface area contributed by atoms with Crippen molar-refractivity contribution in [1.29, 1.82) is 0 Å². The van der Waals surface area contributed by atoms with Gasteiger partial charge in [0.05, 0.1) is 6.54 Å². The van der Waals surface area contributed by atoms with E-state index >= 15 is 0 Å². The molecule has 1 unspecified atom stereocenters. The molecule has 0 aromatic heterocycles. The Labute approximate surface area is 165 Å². The van der Waals surface area contributed by atoms with Crippen LogP contribution in [0.1, 0.15) is 38.2 Å². The third-order valence-electron chi connectivity index (χ3n) is 5.82. The van der Waals surface area contributed by atoms with Crippen LogP contribution in [0.25, 0.3) is 0 Å². The smallest absolute Gasteiger partial charge is 0.236 e.